The number of amides is 1. The van der Waals surface area contributed by atoms with Gasteiger partial charge >= 0.3 is 0 Å². The first-order chi connectivity index (χ1) is 10.1. The Kier molecular flexibility index (Phi) is 3.84. The highest BCUT2D eigenvalue weighted by Gasteiger charge is 2.16. The first-order valence-electron chi connectivity index (χ1n) is 6.82. The molecule has 21 heavy (non-hydrogen) atoms. The summed E-state index contributed by atoms with van der Waals surface area (Å²) in [6.07, 6.45) is 1.27. The summed E-state index contributed by atoms with van der Waals surface area (Å²) >= 11 is 3.46. The number of nitrogens with one attached hydrogen (secondary N) is 2. The molecule has 2 aromatic rings. The number of nitrogen functional groups attached to an aromatic ring is 1. The van der Waals surface area contributed by atoms with Crippen molar-refractivity contribution >= 4 is 38.9 Å². The van der Waals surface area contributed by atoms with Crippen LogP contribution in [0.25, 0.3) is 0 Å². The van der Waals surface area contributed by atoms with Crippen LogP contribution >= 0.6 is 15.9 Å². The van der Waals surface area contributed by atoms with Gasteiger partial charge in [0.2, 0.25) is 5.91 Å². The van der Waals surface area contributed by atoms with Crippen molar-refractivity contribution < 1.29 is 4.79 Å². The van der Waals surface area contributed by atoms with Crippen LogP contribution in [0.4, 0.5) is 17.1 Å². The average Bonchev–Trinajstić information content (AvgIpc) is 2.45. The summed E-state index contributed by atoms with van der Waals surface area (Å²) in [4.78, 5) is 11.5. The van der Waals surface area contributed by atoms with E-state index in [1.165, 1.54) is 0 Å². The Balaban J connectivity index is 1.79. The van der Waals surface area contributed by atoms with E-state index >= 15 is 0 Å². The van der Waals surface area contributed by atoms with Gasteiger partial charge in [-0.1, -0.05) is 28.1 Å². The Morgan fingerprint density at radius 2 is 2.10 bits per heavy atom. The number of carbonyl (C=O) groups is 1. The summed E-state index contributed by atoms with van der Waals surface area (Å²) in [5.41, 5.74) is 10.8. The van der Waals surface area contributed by atoms with Gasteiger partial charge < -0.3 is 16.4 Å². The van der Waals surface area contributed by atoms with E-state index < -0.39 is 0 Å². The number of aryl methyl sites for hydroxylation is 1. The van der Waals surface area contributed by atoms with E-state index in [4.69, 9.17) is 5.73 Å². The third kappa shape index (κ3) is 3.19. The van der Waals surface area contributed by atoms with Gasteiger partial charge in [-0.25, -0.2) is 0 Å². The monoisotopic (exact) mass is 345 g/mol. The van der Waals surface area contributed by atoms with E-state index in [0.29, 0.717) is 18.7 Å². The number of rotatable bonds is 3. The number of hydrogen-bond donors (Lipinski definition) is 3. The summed E-state index contributed by atoms with van der Waals surface area (Å²) in [6, 6.07) is 12.0. The predicted molar refractivity (Wildman–Crippen MR) is 89.3 cm³/mol. The number of carbonyl (C=O) groups excluding carboxylic acids is 1. The van der Waals surface area contributed by atoms with Gasteiger partial charge in [-0.15, -0.1) is 0 Å². The minimum absolute atomic E-state index is 0.0604. The van der Waals surface area contributed by atoms with Crippen molar-refractivity contribution in [3.63, 3.8) is 0 Å². The van der Waals surface area contributed by atoms with Gasteiger partial charge in [-0.05, 0) is 41.8 Å². The highest BCUT2D eigenvalue weighted by Crippen LogP contribution is 2.31. The normalized spacial score (nSPS) is 13.5. The maximum Gasteiger partial charge on any atom is 0.224 e. The minimum atomic E-state index is 0.0604. The maximum atomic E-state index is 11.5. The lowest BCUT2D eigenvalue weighted by Gasteiger charge is -2.20. The van der Waals surface area contributed by atoms with Crippen molar-refractivity contribution in [2.75, 3.05) is 16.4 Å². The summed E-state index contributed by atoms with van der Waals surface area (Å²) in [7, 11) is 0. The molecule has 0 spiro atoms. The maximum absolute atomic E-state index is 11.5. The van der Waals surface area contributed by atoms with E-state index in [1.807, 2.05) is 30.3 Å². The molecule has 0 atom stereocenters. The molecule has 0 fully saturated rings. The van der Waals surface area contributed by atoms with E-state index in [0.717, 1.165) is 33.4 Å². The molecule has 0 radical (unpaired) electrons. The molecule has 1 heterocycles. The second-order valence-electron chi connectivity index (χ2n) is 5.13. The first kappa shape index (κ1) is 13.9. The lowest BCUT2D eigenvalue weighted by Crippen LogP contribution is -2.19. The molecule has 1 aliphatic rings. The minimum Gasteiger partial charge on any atom is -0.397 e. The fraction of sp³-hybridized carbons (Fsp3) is 0.188. The van der Waals surface area contributed by atoms with Crippen LogP contribution in [0.1, 0.15) is 17.5 Å². The molecule has 0 aliphatic carbocycles. The molecule has 5 heteroatoms. The van der Waals surface area contributed by atoms with Crippen molar-refractivity contribution in [2.45, 2.75) is 19.4 Å². The van der Waals surface area contributed by atoms with Crippen LogP contribution in [0.3, 0.4) is 0 Å². The Bertz CT molecular complexity index is 700. The molecule has 4 nitrogen and oxygen atoms in total. The lowest BCUT2D eigenvalue weighted by atomic mass is 10.0. The Morgan fingerprint density at radius 3 is 2.90 bits per heavy atom. The highest BCUT2D eigenvalue weighted by molar-refractivity contribution is 9.10. The van der Waals surface area contributed by atoms with E-state index in [-0.39, 0.29) is 5.91 Å². The van der Waals surface area contributed by atoms with Crippen molar-refractivity contribution in [2.24, 2.45) is 0 Å². The van der Waals surface area contributed by atoms with E-state index in [1.54, 1.807) is 0 Å². The molecule has 2 aromatic carbocycles. The van der Waals surface area contributed by atoms with Crippen molar-refractivity contribution in [3.05, 3.63) is 52.0 Å². The molecule has 0 bridgehead atoms. The fourth-order valence-electron chi connectivity index (χ4n) is 2.44. The highest BCUT2D eigenvalue weighted by atomic mass is 79.9. The van der Waals surface area contributed by atoms with Crippen LogP contribution in [0, 0.1) is 0 Å². The van der Waals surface area contributed by atoms with Gasteiger partial charge in [0, 0.05) is 23.1 Å². The molecule has 0 saturated heterocycles. The average molecular weight is 346 g/mol. The fourth-order valence-corrected chi connectivity index (χ4v) is 2.89. The second kappa shape index (κ2) is 5.77. The molecule has 0 saturated carbocycles. The quantitative estimate of drug-likeness (QED) is 0.745. The number of nitrogens with two attached hydrogens (primary N) is 1. The topological polar surface area (TPSA) is 67.2 Å². The van der Waals surface area contributed by atoms with E-state index in [9.17, 15) is 4.79 Å². The third-order valence-electron chi connectivity index (χ3n) is 3.54. The molecular formula is C16H16BrN3O. The van der Waals surface area contributed by atoms with Gasteiger partial charge in [0.25, 0.3) is 0 Å². The van der Waals surface area contributed by atoms with Crippen LogP contribution in [0.5, 0.6) is 0 Å². The molecule has 0 unspecified atom stereocenters. The number of halogens is 1. The van der Waals surface area contributed by atoms with Gasteiger partial charge in [-0.3, -0.25) is 4.79 Å². The predicted octanol–water partition coefficient (Wildman–Crippen LogP) is 3.53. The number of fused-ring (bicyclic) bond motifs is 1. The molecule has 4 N–H and O–H groups in total. The number of hydrogen-bond acceptors (Lipinski definition) is 3. The summed E-state index contributed by atoms with van der Waals surface area (Å²) < 4.78 is 1.05. The number of benzene rings is 2. The van der Waals surface area contributed by atoms with Crippen molar-refractivity contribution in [1.29, 1.82) is 0 Å². The molecule has 1 aliphatic heterocycles. The molecular weight excluding hydrogens is 330 g/mol. The smallest absolute Gasteiger partial charge is 0.224 e. The van der Waals surface area contributed by atoms with Crippen LogP contribution in [0.2, 0.25) is 0 Å². The van der Waals surface area contributed by atoms with Crippen LogP contribution in [-0.2, 0) is 17.8 Å². The molecule has 3 rings (SSSR count). The van der Waals surface area contributed by atoms with Crippen LogP contribution < -0.4 is 16.4 Å². The molecule has 1 amide bonds. The zero-order valence-corrected chi connectivity index (χ0v) is 13.0. The lowest BCUT2D eigenvalue weighted by molar-refractivity contribution is -0.116. The van der Waals surface area contributed by atoms with Crippen LogP contribution in [-0.4, -0.2) is 5.91 Å². The van der Waals surface area contributed by atoms with Crippen molar-refractivity contribution in [3.8, 4) is 0 Å². The zero-order chi connectivity index (χ0) is 14.8. The van der Waals surface area contributed by atoms with Gasteiger partial charge in [0.1, 0.15) is 0 Å². The van der Waals surface area contributed by atoms with Gasteiger partial charge in [0.05, 0.1) is 11.4 Å². The summed E-state index contributed by atoms with van der Waals surface area (Å²) in [5.74, 6) is 0.0604. The van der Waals surface area contributed by atoms with Gasteiger partial charge in [-0.2, -0.15) is 0 Å². The Morgan fingerprint density at radius 1 is 1.24 bits per heavy atom. The third-order valence-corrected chi connectivity index (χ3v) is 4.04. The largest absolute Gasteiger partial charge is 0.397 e. The number of anilines is 3. The standard InChI is InChI=1S/C16H16BrN3O/c17-12-3-1-2-10(6-12)9-19-15-8-14-11(7-13(15)18)4-5-16(21)20-14/h1-3,6-8,19H,4-5,9,18H2,(H,20,21). The van der Waals surface area contributed by atoms with Crippen molar-refractivity contribution in [1.82, 2.24) is 0 Å². The van der Waals surface area contributed by atoms with E-state index in [2.05, 4.69) is 32.6 Å². The Labute approximate surface area is 131 Å². The Hall–Kier alpha value is -2.01. The second-order valence-corrected chi connectivity index (χ2v) is 6.04. The van der Waals surface area contributed by atoms with Gasteiger partial charge in [0.15, 0.2) is 0 Å². The zero-order valence-electron chi connectivity index (χ0n) is 11.4. The van der Waals surface area contributed by atoms with Crippen LogP contribution in [0.15, 0.2) is 40.9 Å². The SMILES string of the molecule is Nc1cc2c(cc1NCc1cccc(Br)c1)NC(=O)CC2. The molecule has 0 aromatic heterocycles. The first-order valence-corrected chi connectivity index (χ1v) is 7.62. The summed E-state index contributed by atoms with van der Waals surface area (Å²) in [5, 5.41) is 6.22. The summed E-state index contributed by atoms with van der Waals surface area (Å²) in [6.45, 7) is 0.677. The molecule has 108 valence electrons.